The molecular formula is C12H20N2O. The zero-order valence-electron chi connectivity index (χ0n) is 9.41. The smallest absolute Gasteiger partial charge is 0.226 e. The van der Waals surface area contributed by atoms with E-state index in [1.54, 1.807) is 0 Å². The van der Waals surface area contributed by atoms with Gasteiger partial charge in [0.2, 0.25) is 5.91 Å². The quantitative estimate of drug-likeness (QED) is 0.697. The molecule has 1 saturated carbocycles. The first-order valence-electron chi connectivity index (χ1n) is 6.29. The van der Waals surface area contributed by atoms with Gasteiger partial charge in [-0.25, -0.2) is 0 Å². The van der Waals surface area contributed by atoms with Gasteiger partial charge in [0.25, 0.3) is 0 Å². The zero-order valence-corrected chi connectivity index (χ0v) is 9.41. The maximum atomic E-state index is 12.1. The number of hydrogen-bond donors (Lipinski definition) is 1. The van der Waals surface area contributed by atoms with Crippen LogP contribution < -0.4 is 5.32 Å². The largest absolute Gasteiger partial charge is 0.341 e. The highest BCUT2D eigenvalue weighted by Crippen LogP contribution is 2.39. The Bertz CT molecular complexity index is 279. The molecule has 3 aliphatic rings. The number of nitrogens with one attached hydrogen (secondary N) is 1. The van der Waals surface area contributed by atoms with E-state index in [-0.39, 0.29) is 0 Å². The highest BCUT2D eigenvalue weighted by molar-refractivity contribution is 5.81. The van der Waals surface area contributed by atoms with E-state index >= 15 is 0 Å². The van der Waals surface area contributed by atoms with Gasteiger partial charge >= 0.3 is 0 Å². The van der Waals surface area contributed by atoms with Crippen LogP contribution in [-0.4, -0.2) is 36.0 Å². The lowest BCUT2D eigenvalue weighted by Gasteiger charge is -2.24. The van der Waals surface area contributed by atoms with Gasteiger partial charge in [-0.15, -0.1) is 0 Å². The van der Waals surface area contributed by atoms with Crippen molar-refractivity contribution in [2.45, 2.75) is 44.7 Å². The average Bonchev–Trinajstić information content (AvgIpc) is 2.81. The first-order chi connectivity index (χ1) is 7.24. The standard InChI is InChI=1S/C12H20N2O/c1-8-6-11(8)12(15)14-5-4-9-2-3-10(7-14)13-9/h8-11,13H,2-7H2,1H3/t8-,9-,10+,11+/m1/s1. The SMILES string of the molecule is C[C@@H]1C[C@@H]1C(=O)N1CC[C@H]2CC[C@@H](C1)N2. The summed E-state index contributed by atoms with van der Waals surface area (Å²) in [6, 6.07) is 1.26. The summed E-state index contributed by atoms with van der Waals surface area (Å²) in [5.41, 5.74) is 0. The fourth-order valence-electron chi connectivity index (χ4n) is 3.04. The third-order valence-electron chi connectivity index (χ3n) is 4.26. The Morgan fingerprint density at radius 2 is 2.00 bits per heavy atom. The predicted molar refractivity (Wildman–Crippen MR) is 58.4 cm³/mol. The van der Waals surface area contributed by atoms with Gasteiger partial charge in [-0.1, -0.05) is 6.92 Å². The van der Waals surface area contributed by atoms with Crippen LogP contribution in [-0.2, 0) is 4.79 Å². The normalized spacial score (nSPS) is 43.9. The number of carbonyl (C=O) groups is 1. The number of fused-ring (bicyclic) bond motifs is 2. The molecule has 2 aliphatic heterocycles. The first-order valence-corrected chi connectivity index (χ1v) is 6.29. The third kappa shape index (κ3) is 1.78. The summed E-state index contributed by atoms with van der Waals surface area (Å²) in [5, 5.41) is 3.61. The van der Waals surface area contributed by atoms with Gasteiger partial charge < -0.3 is 10.2 Å². The van der Waals surface area contributed by atoms with Gasteiger partial charge in [-0.3, -0.25) is 4.79 Å². The van der Waals surface area contributed by atoms with Crippen LogP contribution in [0.4, 0.5) is 0 Å². The summed E-state index contributed by atoms with van der Waals surface area (Å²) in [6.07, 6.45) is 4.85. The summed E-state index contributed by atoms with van der Waals surface area (Å²) < 4.78 is 0. The number of hydrogen-bond acceptors (Lipinski definition) is 2. The predicted octanol–water partition coefficient (Wildman–Crippen LogP) is 0.995. The van der Waals surface area contributed by atoms with Crippen molar-refractivity contribution in [3.05, 3.63) is 0 Å². The number of rotatable bonds is 1. The lowest BCUT2D eigenvalue weighted by atomic mass is 10.1. The van der Waals surface area contributed by atoms with Gasteiger partial charge in [-0.05, 0) is 31.6 Å². The van der Waals surface area contributed by atoms with Crippen molar-refractivity contribution < 1.29 is 4.79 Å². The average molecular weight is 208 g/mol. The molecule has 2 heterocycles. The van der Waals surface area contributed by atoms with E-state index in [1.807, 2.05) is 0 Å². The molecule has 0 aromatic rings. The monoisotopic (exact) mass is 208 g/mol. The summed E-state index contributed by atoms with van der Waals surface area (Å²) in [7, 11) is 0. The van der Waals surface area contributed by atoms with Crippen molar-refractivity contribution >= 4 is 5.91 Å². The Kier molecular flexibility index (Phi) is 2.23. The lowest BCUT2D eigenvalue weighted by Crippen LogP contribution is -2.40. The molecule has 3 heteroatoms. The van der Waals surface area contributed by atoms with Crippen molar-refractivity contribution in [2.75, 3.05) is 13.1 Å². The van der Waals surface area contributed by atoms with Gasteiger partial charge in [0.05, 0.1) is 0 Å². The minimum atomic E-state index is 0.363. The summed E-state index contributed by atoms with van der Waals surface area (Å²) in [4.78, 5) is 14.2. The second-order valence-corrected chi connectivity index (χ2v) is 5.53. The molecule has 4 atom stereocenters. The maximum Gasteiger partial charge on any atom is 0.226 e. The molecule has 2 saturated heterocycles. The fourth-order valence-corrected chi connectivity index (χ4v) is 3.04. The van der Waals surface area contributed by atoms with E-state index in [9.17, 15) is 4.79 Å². The van der Waals surface area contributed by atoms with Crippen molar-refractivity contribution in [1.82, 2.24) is 10.2 Å². The number of likely N-dealkylation sites (tertiary alicyclic amines) is 1. The fraction of sp³-hybridized carbons (Fsp3) is 0.917. The van der Waals surface area contributed by atoms with Gasteiger partial charge in [-0.2, -0.15) is 0 Å². The Labute approximate surface area is 91.2 Å². The summed E-state index contributed by atoms with van der Waals surface area (Å²) in [6.45, 7) is 4.12. The molecule has 0 spiro atoms. The number of carbonyl (C=O) groups excluding carboxylic acids is 1. The van der Waals surface area contributed by atoms with E-state index in [4.69, 9.17) is 0 Å². The number of amides is 1. The van der Waals surface area contributed by atoms with E-state index in [0.29, 0.717) is 29.8 Å². The topological polar surface area (TPSA) is 32.3 Å². The van der Waals surface area contributed by atoms with Crippen molar-refractivity contribution in [3.63, 3.8) is 0 Å². The lowest BCUT2D eigenvalue weighted by molar-refractivity contribution is -0.133. The third-order valence-corrected chi connectivity index (χ3v) is 4.26. The van der Waals surface area contributed by atoms with Crippen LogP contribution in [0.5, 0.6) is 0 Å². The summed E-state index contributed by atoms with van der Waals surface area (Å²) in [5.74, 6) is 1.43. The highest BCUT2D eigenvalue weighted by Gasteiger charge is 2.43. The minimum Gasteiger partial charge on any atom is -0.341 e. The van der Waals surface area contributed by atoms with Gasteiger partial charge in [0.15, 0.2) is 0 Å². The van der Waals surface area contributed by atoms with Crippen LogP contribution in [0, 0.1) is 11.8 Å². The molecule has 84 valence electrons. The van der Waals surface area contributed by atoms with E-state index < -0.39 is 0 Å². The molecule has 1 amide bonds. The molecule has 2 bridgehead atoms. The van der Waals surface area contributed by atoms with Crippen LogP contribution >= 0.6 is 0 Å². The van der Waals surface area contributed by atoms with Crippen molar-refractivity contribution in [1.29, 1.82) is 0 Å². The number of nitrogens with zero attached hydrogens (tertiary/aromatic N) is 1. The molecule has 1 aliphatic carbocycles. The van der Waals surface area contributed by atoms with Crippen LogP contribution in [0.1, 0.15) is 32.6 Å². The Balaban J connectivity index is 1.64. The molecule has 0 aromatic carbocycles. The molecule has 0 unspecified atom stereocenters. The Morgan fingerprint density at radius 1 is 1.27 bits per heavy atom. The van der Waals surface area contributed by atoms with E-state index in [2.05, 4.69) is 17.1 Å². The summed E-state index contributed by atoms with van der Waals surface area (Å²) >= 11 is 0. The molecule has 0 radical (unpaired) electrons. The minimum absolute atomic E-state index is 0.363. The highest BCUT2D eigenvalue weighted by atomic mass is 16.2. The maximum absolute atomic E-state index is 12.1. The van der Waals surface area contributed by atoms with Crippen LogP contribution in [0.25, 0.3) is 0 Å². The van der Waals surface area contributed by atoms with Crippen LogP contribution in [0.2, 0.25) is 0 Å². The first kappa shape index (κ1) is 9.64. The van der Waals surface area contributed by atoms with Crippen molar-refractivity contribution in [2.24, 2.45) is 11.8 Å². The molecular weight excluding hydrogens is 188 g/mol. The van der Waals surface area contributed by atoms with Gasteiger partial charge in [0, 0.05) is 31.1 Å². The molecule has 3 fully saturated rings. The molecule has 3 nitrogen and oxygen atoms in total. The Hall–Kier alpha value is -0.570. The van der Waals surface area contributed by atoms with E-state index in [0.717, 1.165) is 25.9 Å². The molecule has 3 rings (SSSR count). The van der Waals surface area contributed by atoms with E-state index in [1.165, 1.54) is 12.8 Å². The van der Waals surface area contributed by atoms with Crippen LogP contribution in [0.15, 0.2) is 0 Å². The van der Waals surface area contributed by atoms with Gasteiger partial charge in [0.1, 0.15) is 0 Å². The zero-order chi connectivity index (χ0) is 10.4. The molecule has 0 aromatic heterocycles. The Morgan fingerprint density at radius 3 is 2.73 bits per heavy atom. The second-order valence-electron chi connectivity index (χ2n) is 5.53. The van der Waals surface area contributed by atoms with Crippen molar-refractivity contribution in [3.8, 4) is 0 Å². The second kappa shape index (κ2) is 3.48. The molecule has 1 N–H and O–H groups in total. The molecule has 15 heavy (non-hydrogen) atoms. The van der Waals surface area contributed by atoms with Crippen LogP contribution in [0.3, 0.4) is 0 Å².